The molecule has 1 unspecified atom stereocenters. The van der Waals surface area contributed by atoms with Gasteiger partial charge in [-0.05, 0) is 58.1 Å². The number of tetrazole rings is 1. The maximum Gasteiger partial charge on any atom is 0.328 e. The molecule has 18 heavy (non-hydrogen) atoms. The number of aromatic nitrogens is 4. The molecule has 0 aliphatic carbocycles. The highest BCUT2D eigenvalue weighted by Crippen LogP contribution is 2.29. The molecule has 1 aromatic carbocycles. The summed E-state index contributed by atoms with van der Waals surface area (Å²) in [4.78, 5) is 11.0. The van der Waals surface area contributed by atoms with Gasteiger partial charge in [-0.3, -0.25) is 0 Å². The van der Waals surface area contributed by atoms with Crippen molar-refractivity contribution in [3.63, 3.8) is 0 Å². The third-order valence-corrected chi connectivity index (χ3v) is 3.75. The van der Waals surface area contributed by atoms with Crippen LogP contribution in [0.1, 0.15) is 13.0 Å². The van der Waals surface area contributed by atoms with Crippen molar-refractivity contribution >= 4 is 44.5 Å². The van der Waals surface area contributed by atoms with E-state index in [-0.39, 0.29) is 0 Å². The third-order valence-electron chi connectivity index (χ3n) is 2.39. The van der Waals surface area contributed by atoms with Crippen LogP contribution in [0.3, 0.4) is 0 Å². The molecule has 94 valence electrons. The van der Waals surface area contributed by atoms with E-state index in [1.54, 1.807) is 0 Å². The molecule has 1 heterocycles. The van der Waals surface area contributed by atoms with Crippen LogP contribution in [0.25, 0.3) is 11.4 Å². The Morgan fingerprint density at radius 2 is 2.28 bits per heavy atom. The number of rotatable bonds is 3. The third kappa shape index (κ3) is 2.53. The van der Waals surface area contributed by atoms with E-state index in [1.165, 1.54) is 11.6 Å². The van der Waals surface area contributed by atoms with Gasteiger partial charge in [0.05, 0.1) is 0 Å². The van der Waals surface area contributed by atoms with Crippen molar-refractivity contribution < 1.29 is 9.90 Å². The summed E-state index contributed by atoms with van der Waals surface area (Å²) in [7, 11) is 0. The Kier molecular flexibility index (Phi) is 3.95. The molecule has 0 saturated heterocycles. The van der Waals surface area contributed by atoms with Gasteiger partial charge in [0.25, 0.3) is 0 Å². The Balaban J connectivity index is 2.55. The number of carboxylic acids is 1. The lowest BCUT2D eigenvalue weighted by molar-refractivity contribution is -0.140. The number of halogens is 2. The number of hydrogen-bond donors (Lipinski definition) is 1. The molecular weight excluding hydrogens is 415 g/mol. The van der Waals surface area contributed by atoms with E-state index >= 15 is 0 Å². The molecule has 0 aliphatic rings. The van der Waals surface area contributed by atoms with E-state index in [0.29, 0.717) is 5.82 Å². The molecule has 1 aromatic heterocycles. The molecule has 2 aromatic rings. The standard InChI is InChI=1S/C10H8BrIN4O2/c1-5(10(17)18)16-9(13-14-15-16)7-4-6(12)2-3-8(7)11/h2-5H,1H3,(H,17,18). The van der Waals surface area contributed by atoms with Gasteiger partial charge in [-0.2, -0.15) is 0 Å². The minimum Gasteiger partial charge on any atom is -0.480 e. The molecule has 0 aliphatic heterocycles. The smallest absolute Gasteiger partial charge is 0.328 e. The van der Waals surface area contributed by atoms with Gasteiger partial charge in [0, 0.05) is 13.6 Å². The number of benzene rings is 1. The fourth-order valence-electron chi connectivity index (χ4n) is 1.41. The van der Waals surface area contributed by atoms with Gasteiger partial charge in [0.15, 0.2) is 11.9 Å². The van der Waals surface area contributed by atoms with Crippen LogP contribution >= 0.6 is 38.5 Å². The molecule has 0 radical (unpaired) electrons. The molecule has 0 bridgehead atoms. The van der Waals surface area contributed by atoms with E-state index < -0.39 is 12.0 Å². The van der Waals surface area contributed by atoms with Crippen molar-refractivity contribution in [3.05, 3.63) is 26.2 Å². The average Bonchev–Trinajstić information content (AvgIpc) is 2.80. The summed E-state index contributed by atoms with van der Waals surface area (Å²) >= 11 is 5.59. The SMILES string of the molecule is CC(C(=O)O)n1nnnc1-c1cc(I)ccc1Br. The molecule has 1 N–H and O–H groups in total. The van der Waals surface area contributed by atoms with Gasteiger partial charge in [0.1, 0.15) is 0 Å². The quantitative estimate of drug-likeness (QED) is 0.768. The second-order valence-corrected chi connectivity index (χ2v) is 5.69. The van der Waals surface area contributed by atoms with Crippen molar-refractivity contribution in [1.29, 1.82) is 0 Å². The fourth-order valence-corrected chi connectivity index (χ4v) is 2.32. The molecule has 0 saturated carbocycles. The first-order valence-electron chi connectivity index (χ1n) is 4.97. The summed E-state index contributed by atoms with van der Waals surface area (Å²) in [5, 5.41) is 20.2. The van der Waals surface area contributed by atoms with Crippen LogP contribution in [0, 0.1) is 3.57 Å². The van der Waals surface area contributed by atoms with Crippen LogP contribution < -0.4 is 0 Å². The van der Waals surface area contributed by atoms with E-state index in [0.717, 1.165) is 13.6 Å². The number of hydrogen-bond acceptors (Lipinski definition) is 4. The lowest BCUT2D eigenvalue weighted by Gasteiger charge is -2.10. The zero-order valence-corrected chi connectivity index (χ0v) is 13.0. The summed E-state index contributed by atoms with van der Waals surface area (Å²) in [5.41, 5.74) is 0.764. The Morgan fingerprint density at radius 3 is 2.94 bits per heavy atom. The van der Waals surface area contributed by atoms with Crippen LogP contribution in [0.2, 0.25) is 0 Å². The summed E-state index contributed by atoms with van der Waals surface area (Å²) in [6.07, 6.45) is 0. The molecule has 2 rings (SSSR count). The lowest BCUT2D eigenvalue weighted by Crippen LogP contribution is -2.18. The molecule has 0 amide bonds. The van der Waals surface area contributed by atoms with Gasteiger partial charge >= 0.3 is 5.97 Å². The minimum atomic E-state index is -0.981. The summed E-state index contributed by atoms with van der Waals surface area (Å²) in [5.74, 6) is -0.555. The average molecular weight is 423 g/mol. The summed E-state index contributed by atoms with van der Waals surface area (Å²) in [6.45, 7) is 1.53. The Hall–Kier alpha value is -1.03. The summed E-state index contributed by atoms with van der Waals surface area (Å²) in [6, 6.07) is 4.88. The second kappa shape index (κ2) is 5.31. The second-order valence-electron chi connectivity index (χ2n) is 3.59. The zero-order valence-electron chi connectivity index (χ0n) is 9.21. The van der Waals surface area contributed by atoms with Crippen LogP contribution in [0.4, 0.5) is 0 Å². The largest absolute Gasteiger partial charge is 0.480 e. The molecule has 0 spiro atoms. The van der Waals surface area contributed by atoms with Crippen molar-refractivity contribution in [2.45, 2.75) is 13.0 Å². The number of carbonyl (C=O) groups is 1. The predicted octanol–water partition coefficient (Wildman–Crippen LogP) is 2.35. The maximum absolute atomic E-state index is 11.0. The molecular formula is C10H8BrIN4O2. The fraction of sp³-hybridized carbons (Fsp3) is 0.200. The normalized spacial score (nSPS) is 12.4. The van der Waals surface area contributed by atoms with Crippen LogP contribution in [-0.2, 0) is 4.79 Å². The van der Waals surface area contributed by atoms with Crippen LogP contribution in [0.15, 0.2) is 22.7 Å². The molecule has 8 heteroatoms. The first-order valence-corrected chi connectivity index (χ1v) is 6.84. The van der Waals surface area contributed by atoms with Crippen molar-refractivity contribution in [3.8, 4) is 11.4 Å². The van der Waals surface area contributed by atoms with Gasteiger partial charge in [-0.25, -0.2) is 9.48 Å². The Labute approximate surface area is 125 Å². The zero-order chi connectivity index (χ0) is 13.3. The van der Waals surface area contributed by atoms with Gasteiger partial charge < -0.3 is 5.11 Å². The predicted molar refractivity (Wildman–Crippen MR) is 76.0 cm³/mol. The molecule has 0 fully saturated rings. The number of nitrogens with zero attached hydrogens (tertiary/aromatic N) is 4. The number of aliphatic carboxylic acids is 1. The Bertz CT molecular complexity index is 601. The van der Waals surface area contributed by atoms with Gasteiger partial charge in [0.2, 0.25) is 0 Å². The van der Waals surface area contributed by atoms with Crippen molar-refractivity contribution in [2.24, 2.45) is 0 Å². The van der Waals surface area contributed by atoms with Gasteiger partial charge in [-0.15, -0.1) is 5.10 Å². The minimum absolute atomic E-state index is 0.426. The lowest BCUT2D eigenvalue weighted by atomic mass is 10.2. The topological polar surface area (TPSA) is 80.9 Å². The van der Waals surface area contributed by atoms with E-state index in [9.17, 15) is 4.79 Å². The highest BCUT2D eigenvalue weighted by Gasteiger charge is 2.21. The van der Waals surface area contributed by atoms with E-state index in [4.69, 9.17) is 5.11 Å². The first-order chi connectivity index (χ1) is 8.50. The summed E-state index contributed by atoms with van der Waals surface area (Å²) < 4.78 is 3.12. The van der Waals surface area contributed by atoms with E-state index in [2.05, 4.69) is 54.0 Å². The van der Waals surface area contributed by atoms with E-state index in [1.807, 2.05) is 18.2 Å². The van der Waals surface area contributed by atoms with Crippen molar-refractivity contribution in [2.75, 3.05) is 0 Å². The van der Waals surface area contributed by atoms with Gasteiger partial charge in [-0.1, -0.05) is 15.9 Å². The molecule has 1 atom stereocenters. The first kappa shape index (κ1) is 13.4. The monoisotopic (exact) mass is 422 g/mol. The highest BCUT2D eigenvalue weighted by molar-refractivity contribution is 14.1. The Morgan fingerprint density at radius 1 is 1.56 bits per heavy atom. The highest BCUT2D eigenvalue weighted by atomic mass is 127. The molecule has 6 nitrogen and oxygen atoms in total. The van der Waals surface area contributed by atoms with Crippen molar-refractivity contribution in [1.82, 2.24) is 20.2 Å². The van der Waals surface area contributed by atoms with Crippen LogP contribution in [0.5, 0.6) is 0 Å². The maximum atomic E-state index is 11.0. The number of carboxylic acid groups (broad SMARTS) is 1. The van der Waals surface area contributed by atoms with Crippen LogP contribution in [-0.4, -0.2) is 31.3 Å².